The Labute approximate surface area is 273 Å². The zero-order valence-corrected chi connectivity index (χ0v) is 27.3. The van der Waals surface area contributed by atoms with E-state index in [0.717, 1.165) is 30.6 Å². The molecule has 264 valence electrons. The molecule has 6 N–H and O–H groups in total. The van der Waals surface area contributed by atoms with Gasteiger partial charge < -0.3 is 41.0 Å². The van der Waals surface area contributed by atoms with Gasteiger partial charge in [-0.05, 0) is 31.6 Å². The van der Waals surface area contributed by atoms with E-state index in [4.69, 9.17) is 15.7 Å². The van der Waals surface area contributed by atoms with Gasteiger partial charge in [0.1, 0.15) is 18.1 Å². The molecule has 3 fully saturated rings. The van der Waals surface area contributed by atoms with Crippen LogP contribution in [-0.2, 0) is 43.8 Å². The Morgan fingerprint density at radius 3 is 2.47 bits per heavy atom. The Hall–Kier alpha value is -3.88. The second-order valence-corrected chi connectivity index (χ2v) is 13.2. The molecule has 1 aliphatic carbocycles. The number of nitrogens with one attached hydrogen (secondary N) is 3. The number of oxime groups is 1. The van der Waals surface area contributed by atoms with Crippen molar-refractivity contribution in [1.82, 2.24) is 29.5 Å². The molecule has 0 bridgehead atoms. The molecule has 0 aromatic rings. The average Bonchev–Trinajstić information content (AvgIpc) is 3.87. The van der Waals surface area contributed by atoms with Crippen molar-refractivity contribution >= 4 is 51.9 Å². The van der Waals surface area contributed by atoms with Gasteiger partial charge in [-0.15, -0.1) is 0 Å². The summed E-state index contributed by atoms with van der Waals surface area (Å²) in [4.78, 5) is 69.7. The maximum absolute atomic E-state index is 13.9. The zero-order chi connectivity index (χ0) is 34.4. The van der Waals surface area contributed by atoms with Crippen LogP contribution in [0.25, 0.3) is 0 Å². The molecule has 19 nitrogen and oxygen atoms in total. The molecule has 2 aliphatic heterocycles. The summed E-state index contributed by atoms with van der Waals surface area (Å²) in [7, 11) is -4.17. The average molecular weight is 688 g/mol. The van der Waals surface area contributed by atoms with Crippen LogP contribution in [0.2, 0.25) is 0 Å². The van der Waals surface area contributed by atoms with Crippen molar-refractivity contribution in [2.24, 2.45) is 22.0 Å². The number of nitrogens with two attached hydrogens (primary N) is 1. The van der Waals surface area contributed by atoms with E-state index in [0.29, 0.717) is 25.9 Å². The first kappa shape index (κ1) is 37.6. The number of carboxylic acids is 1. The van der Waals surface area contributed by atoms with E-state index in [1.165, 1.54) is 4.90 Å². The number of hydrogen-bond acceptors (Lipinski definition) is 12. The molecule has 0 aromatic heterocycles. The first-order chi connectivity index (χ1) is 22.4. The number of rotatable bonds is 18. The summed E-state index contributed by atoms with van der Waals surface area (Å²) in [5, 5.41) is 21.3. The molecule has 3 rings (SSSR count). The van der Waals surface area contributed by atoms with E-state index in [1.54, 1.807) is 6.34 Å². The van der Waals surface area contributed by atoms with Crippen molar-refractivity contribution in [1.29, 1.82) is 0 Å². The highest BCUT2D eigenvalue weighted by molar-refractivity contribution is 7.87. The monoisotopic (exact) mass is 687 g/mol. The summed E-state index contributed by atoms with van der Waals surface area (Å²) in [5.74, 6) is 1.46. The highest BCUT2D eigenvalue weighted by atomic mass is 32.2. The third-order valence-corrected chi connectivity index (χ3v) is 9.32. The fourth-order valence-corrected chi connectivity index (χ4v) is 6.52. The van der Waals surface area contributed by atoms with Crippen molar-refractivity contribution in [2.45, 2.75) is 64.0 Å². The largest absolute Gasteiger partial charge is 0.481 e. The Bertz CT molecular complexity index is 1290. The minimum atomic E-state index is -4.17. The number of piperidine rings is 1. The highest BCUT2D eigenvalue weighted by Gasteiger charge is 2.39. The van der Waals surface area contributed by atoms with E-state index in [9.17, 15) is 32.4 Å². The number of carboxylic acid groups (broad SMARTS) is 1. The normalized spacial score (nSPS) is 20.0. The van der Waals surface area contributed by atoms with Crippen molar-refractivity contribution in [2.75, 3.05) is 59.0 Å². The van der Waals surface area contributed by atoms with Crippen LogP contribution in [0.5, 0.6) is 0 Å². The molecule has 2 atom stereocenters. The fourth-order valence-electron chi connectivity index (χ4n) is 5.20. The fraction of sp³-hybridized carbons (Fsp3) is 0.741. The minimum absolute atomic E-state index is 0.0347. The van der Waals surface area contributed by atoms with E-state index in [1.807, 2.05) is 4.90 Å². The summed E-state index contributed by atoms with van der Waals surface area (Å²) in [5.41, 5.74) is -0.323. The van der Waals surface area contributed by atoms with E-state index in [-0.39, 0.29) is 63.5 Å². The molecule has 1 saturated carbocycles. The number of ether oxygens (including phenoxy) is 1. The summed E-state index contributed by atoms with van der Waals surface area (Å²) in [6.45, 7) is 3.24. The maximum atomic E-state index is 13.9. The molecule has 20 heteroatoms. The van der Waals surface area contributed by atoms with Crippen molar-refractivity contribution in [3.05, 3.63) is 0 Å². The van der Waals surface area contributed by atoms with Crippen LogP contribution in [-0.4, -0.2) is 140 Å². The minimum Gasteiger partial charge on any atom is -0.481 e. The number of carbonyl (C=O) groups is 5. The molecule has 3 aliphatic rings. The van der Waals surface area contributed by atoms with Gasteiger partial charge in [0, 0.05) is 65.2 Å². The number of aliphatic carboxylic acids is 1. The second-order valence-electron chi connectivity index (χ2n) is 11.5. The molecular weight excluding hydrogens is 642 g/mol. The van der Waals surface area contributed by atoms with E-state index >= 15 is 0 Å². The summed E-state index contributed by atoms with van der Waals surface area (Å²) < 4.78 is 35.4. The first-order valence-corrected chi connectivity index (χ1v) is 17.0. The second kappa shape index (κ2) is 18.5. The first-order valence-electron chi connectivity index (χ1n) is 15.5. The number of hydrazone groups is 1. The lowest BCUT2D eigenvalue weighted by Crippen LogP contribution is -2.56. The number of amides is 3. The van der Waals surface area contributed by atoms with E-state index in [2.05, 4.69) is 30.5 Å². The number of nitrogens with zero attached hydrogens (tertiary/aromatic N) is 5. The van der Waals surface area contributed by atoms with Gasteiger partial charge in [-0.25, -0.2) is 4.79 Å². The quantitative estimate of drug-likeness (QED) is 0.0331. The molecule has 47 heavy (non-hydrogen) atoms. The zero-order valence-electron chi connectivity index (χ0n) is 26.5. The molecule has 0 spiro atoms. The predicted molar refractivity (Wildman–Crippen MR) is 167 cm³/mol. The number of likely N-dealkylation sites (tertiary alicyclic amines) is 1. The van der Waals surface area contributed by atoms with Crippen LogP contribution in [0.15, 0.2) is 10.3 Å². The Kier molecular flexibility index (Phi) is 14.8. The molecule has 2 saturated heterocycles. The maximum Gasteiger partial charge on any atom is 0.331 e. The smallest absolute Gasteiger partial charge is 0.331 e. The van der Waals surface area contributed by atoms with Crippen molar-refractivity contribution < 1.29 is 47.1 Å². The van der Waals surface area contributed by atoms with Crippen molar-refractivity contribution in [3.63, 3.8) is 0 Å². The Balaban J connectivity index is 1.68. The van der Waals surface area contributed by atoms with Gasteiger partial charge >= 0.3 is 11.9 Å². The molecular formula is C27H45N9O10S. The molecule has 0 unspecified atom stereocenters. The summed E-state index contributed by atoms with van der Waals surface area (Å²) >= 11 is 0. The molecule has 2 heterocycles. The Morgan fingerprint density at radius 2 is 1.83 bits per heavy atom. The summed E-state index contributed by atoms with van der Waals surface area (Å²) in [6, 6.07) is -1.65. The number of morpholine rings is 1. The molecule has 0 radical (unpaired) electrons. The third kappa shape index (κ3) is 13.0. The number of hydrogen-bond donors (Lipinski definition) is 5. The van der Waals surface area contributed by atoms with Gasteiger partial charge in [0.05, 0.1) is 26.1 Å². The molecule has 3 amide bonds. The number of carbonyl (C=O) groups excluding carboxylic acids is 4. The van der Waals surface area contributed by atoms with Gasteiger partial charge in [-0.2, -0.15) is 22.5 Å². The predicted octanol–water partition coefficient (Wildman–Crippen LogP) is -2.47. The van der Waals surface area contributed by atoms with Crippen LogP contribution >= 0.6 is 0 Å². The van der Waals surface area contributed by atoms with Crippen LogP contribution in [0.4, 0.5) is 0 Å². The van der Waals surface area contributed by atoms with Gasteiger partial charge in [-0.1, -0.05) is 5.16 Å². The van der Waals surface area contributed by atoms with Crippen LogP contribution < -0.4 is 21.2 Å². The SMILES string of the molecule is CC(=O)ON=C(CCC(=O)O)C(=O)NCCN(C(=O)[C@H](CC(=O)NC[C@@H]1CCCN(C=NN)C1)NS(=O)(=O)N1CCOCC1)C1CC1. The lowest BCUT2D eigenvalue weighted by Gasteiger charge is -2.32. The lowest BCUT2D eigenvalue weighted by molar-refractivity contribution is -0.141. The molecule has 0 aromatic carbocycles. The van der Waals surface area contributed by atoms with Gasteiger partial charge in [-0.3, -0.25) is 19.2 Å². The van der Waals surface area contributed by atoms with Gasteiger partial charge in [0.25, 0.3) is 16.1 Å². The standard InChI is InChI=1S/C27H45N9O10S/c1-19(37)46-32-22(6-7-25(39)40)26(41)29-8-10-36(21-4-5-21)27(42)23(33-47(43,44)35-11-13-45-14-12-35)15-24(38)30-16-20-3-2-9-34(17-20)18-31-28/h18,20-21,23,33H,2-17,28H2,1H3,(H,29,41)(H,30,38)(H,39,40)/t20-,23-/m0/s1. The van der Waals surface area contributed by atoms with Crippen molar-refractivity contribution in [3.8, 4) is 0 Å². The third-order valence-electron chi connectivity index (χ3n) is 7.69. The Morgan fingerprint density at radius 1 is 1.11 bits per heavy atom. The topological polar surface area (TPSA) is 255 Å². The van der Waals surface area contributed by atoms with Gasteiger partial charge in [0.15, 0.2) is 0 Å². The lowest BCUT2D eigenvalue weighted by atomic mass is 9.98. The highest BCUT2D eigenvalue weighted by Crippen LogP contribution is 2.27. The van der Waals surface area contributed by atoms with Crippen LogP contribution in [0.3, 0.4) is 0 Å². The summed E-state index contributed by atoms with van der Waals surface area (Å²) in [6.07, 6.45) is 3.40. The van der Waals surface area contributed by atoms with Gasteiger partial charge in [0.2, 0.25) is 11.8 Å². The van der Waals surface area contributed by atoms with E-state index < -0.39 is 58.8 Å². The van der Waals surface area contributed by atoms with Crippen LogP contribution in [0, 0.1) is 5.92 Å². The van der Waals surface area contributed by atoms with Crippen LogP contribution in [0.1, 0.15) is 51.9 Å².